The van der Waals surface area contributed by atoms with Gasteiger partial charge in [0.05, 0.1) is 0 Å². The van der Waals surface area contributed by atoms with Gasteiger partial charge in [-0.2, -0.15) is 0 Å². The van der Waals surface area contributed by atoms with E-state index in [0.29, 0.717) is 5.13 Å². The smallest absolute Gasteiger partial charge is 0.308 e. The zero-order valence-electron chi connectivity index (χ0n) is 14.7. The lowest BCUT2D eigenvalue weighted by Crippen LogP contribution is -2.19. The number of rotatable bonds is 6. The number of carbonyl (C=O) groups is 1. The fourth-order valence-corrected chi connectivity index (χ4v) is 4.08. The van der Waals surface area contributed by atoms with Crippen LogP contribution >= 0.6 is 23.1 Å². The fraction of sp³-hybridized carbons (Fsp3) is 0.211. The minimum absolute atomic E-state index is 0.316. The predicted octanol–water partition coefficient (Wildman–Crippen LogP) is 5.23. The lowest BCUT2D eigenvalue weighted by molar-refractivity contribution is 0.262. The standard InChI is InChI=1S/C19H20N4OS2/c1-13-6-8-16(9-7-13)20-18(24)21-19-23-22-17(26-19)12-25-11-15-5-3-4-14(2)10-15/h3-10H,11-12H2,1-2H3,(H2,20,21,23,24). The second-order valence-electron chi connectivity index (χ2n) is 5.93. The Balaban J connectivity index is 1.46. The van der Waals surface area contributed by atoms with E-state index in [1.165, 1.54) is 22.5 Å². The van der Waals surface area contributed by atoms with Crippen molar-refractivity contribution in [3.8, 4) is 0 Å². The Bertz CT molecular complexity index is 877. The van der Waals surface area contributed by atoms with Gasteiger partial charge in [-0.15, -0.1) is 22.0 Å². The van der Waals surface area contributed by atoms with Crippen LogP contribution in [0, 0.1) is 13.8 Å². The molecule has 26 heavy (non-hydrogen) atoms. The number of urea groups is 1. The largest absolute Gasteiger partial charge is 0.325 e. The van der Waals surface area contributed by atoms with Crippen molar-refractivity contribution in [2.45, 2.75) is 25.4 Å². The third kappa shape index (κ3) is 5.57. The minimum atomic E-state index is -0.316. The predicted molar refractivity (Wildman–Crippen MR) is 110 cm³/mol. The average Bonchev–Trinajstić information content (AvgIpc) is 3.04. The molecule has 0 spiro atoms. The summed E-state index contributed by atoms with van der Waals surface area (Å²) in [5, 5.41) is 15.1. The van der Waals surface area contributed by atoms with Gasteiger partial charge in [0, 0.05) is 17.2 Å². The van der Waals surface area contributed by atoms with Crippen molar-refractivity contribution in [3.05, 3.63) is 70.2 Å². The molecule has 2 N–H and O–H groups in total. The number of hydrogen-bond donors (Lipinski definition) is 2. The molecule has 0 saturated heterocycles. The zero-order valence-corrected chi connectivity index (χ0v) is 16.3. The van der Waals surface area contributed by atoms with E-state index in [4.69, 9.17) is 0 Å². The van der Waals surface area contributed by atoms with Crippen molar-refractivity contribution >= 4 is 39.9 Å². The molecule has 0 aliphatic heterocycles. The first-order chi connectivity index (χ1) is 12.6. The van der Waals surface area contributed by atoms with Crippen molar-refractivity contribution in [2.75, 3.05) is 10.6 Å². The van der Waals surface area contributed by atoms with Gasteiger partial charge in [-0.05, 0) is 31.5 Å². The first kappa shape index (κ1) is 18.4. The fourth-order valence-electron chi connectivity index (χ4n) is 2.32. The van der Waals surface area contributed by atoms with Crippen molar-refractivity contribution in [2.24, 2.45) is 0 Å². The number of hydrogen-bond acceptors (Lipinski definition) is 5. The molecule has 0 unspecified atom stereocenters. The Morgan fingerprint density at radius 1 is 1.00 bits per heavy atom. The summed E-state index contributed by atoms with van der Waals surface area (Å²) in [6.45, 7) is 4.10. The summed E-state index contributed by atoms with van der Waals surface area (Å²) in [4.78, 5) is 12.0. The zero-order chi connectivity index (χ0) is 18.4. The van der Waals surface area contributed by atoms with Crippen LogP contribution in [0.2, 0.25) is 0 Å². The maximum absolute atomic E-state index is 12.0. The highest BCUT2D eigenvalue weighted by Gasteiger charge is 2.08. The highest BCUT2D eigenvalue weighted by molar-refractivity contribution is 7.97. The Labute approximate surface area is 161 Å². The summed E-state index contributed by atoms with van der Waals surface area (Å²) in [5.41, 5.74) is 4.46. The lowest BCUT2D eigenvalue weighted by Gasteiger charge is -2.05. The van der Waals surface area contributed by atoms with E-state index in [2.05, 4.69) is 52.0 Å². The second-order valence-corrected chi connectivity index (χ2v) is 7.98. The number of thioether (sulfide) groups is 1. The first-order valence-corrected chi connectivity index (χ1v) is 10.2. The Kier molecular flexibility index (Phi) is 6.25. The van der Waals surface area contributed by atoms with Crippen LogP contribution in [0.15, 0.2) is 48.5 Å². The van der Waals surface area contributed by atoms with E-state index in [0.717, 1.165) is 27.8 Å². The Morgan fingerprint density at radius 2 is 1.81 bits per heavy atom. The lowest BCUT2D eigenvalue weighted by atomic mass is 10.2. The first-order valence-electron chi connectivity index (χ1n) is 8.19. The summed E-state index contributed by atoms with van der Waals surface area (Å²) in [5.74, 6) is 1.70. The van der Waals surface area contributed by atoms with Gasteiger partial charge in [-0.1, -0.05) is 58.9 Å². The molecular weight excluding hydrogens is 364 g/mol. The maximum Gasteiger partial charge on any atom is 0.325 e. The summed E-state index contributed by atoms with van der Waals surface area (Å²) in [7, 11) is 0. The van der Waals surface area contributed by atoms with Gasteiger partial charge in [0.25, 0.3) is 0 Å². The molecule has 0 aliphatic carbocycles. The summed E-state index contributed by atoms with van der Waals surface area (Å²) in [6.07, 6.45) is 0. The highest BCUT2D eigenvalue weighted by atomic mass is 32.2. The van der Waals surface area contributed by atoms with Crippen LogP contribution in [0.5, 0.6) is 0 Å². The molecule has 1 aromatic heterocycles. The topological polar surface area (TPSA) is 66.9 Å². The van der Waals surface area contributed by atoms with Gasteiger partial charge in [-0.25, -0.2) is 4.79 Å². The van der Waals surface area contributed by atoms with Crippen LogP contribution < -0.4 is 10.6 Å². The van der Waals surface area contributed by atoms with E-state index in [1.807, 2.05) is 31.2 Å². The van der Waals surface area contributed by atoms with Crippen molar-refractivity contribution in [3.63, 3.8) is 0 Å². The Hall–Kier alpha value is -2.38. The molecule has 3 aromatic rings. The molecule has 0 saturated carbocycles. The van der Waals surface area contributed by atoms with E-state index in [1.54, 1.807) is 11.8 Å². The molecule has 3 rings (SSSR count). The van der Waals surface area contributed by atoms with Crippen LogP contribution in [0.3, 0.4) is 0 Å². The summed E-state index contributed by atoms with van der Waals surface area (Å²) in [6, 6.07) is 15.8. The molecule has 0 fully saturated rings. The van der Waals surface area contributed by atoms with Crippen LogP contribution in [0.4, 0.5) is 15.6 Å². The van der Waals surface area contributed by atoms with Crippen molar-refractivity contribution in [1.29, 1.82) is 0 Å². The van der Waals surface area contributed by atoms with Crippen LogP contribution in [-0.2, 0) is 11.5 Å². The second kappa shape index (κ2) is 8.82. The molecule has 2 aromatic carbocycles. The average molecular weight is 385 g/mol. The molecule has 134 valence electrons. The number of benzene rings is 2. The number of carbonyl (C=O) groups excluding carboxylic acids is 1. The van der Waals surface area contributed by atoms with Crippen molar-refractivity contribution < 1.29 is 4.79 Å². The molecule has 5 nitrogen and oxygen atoms in total. The summed E-state index contributed by atoms with van der Waals surface area (Å²) < 4.78 is 0. The monoisotopic (exact) mass is 384 g/mol. The number of nitrogens with one attached hydrogen (secondary N) is 2. The highest BCUT2D eigenvalue weighted by Crippen LogP contribution is 2.23. The van der Waals surface area contributed by atoms with Gasteiger partial charge < -0.3 is 5.32 Å². The van der Waals surface area contributed by atoms with Crippen LogP contribution in [0.25, 0.3) is 0 Å². The van der Waals surface area contributed by atoms with Gasteiger partial charge in [0.15, 0.2) is 0 Å². The van der Waals surface area contributed by atoms with Crippen LogP contribution in [-0.4, -0.2) is 16.2 Å². The molecule has 1 heterocycles. The Morgan fingerprint density at radius 3 is 2.58 bits per heavy atom. The van der Waals surface area contributed by atoms with Crippen LogP contribution in [0.1, 0.15) is 21.7 Å². The molecule has 7 heteroatoms. The van der Waals surface area contributed by atoms with E-state index in [9.17, 15) is 4.79 Å². The maximum atomic E-state index is 12.0. The van der Waals surface area contributed by atoms with Crippen molar-refractivity contribution in [1.82, 2.24) is 10.2 Å². The molecule has 0 radical (unpaired) electrons. The van der Waals surface area contributed by atoms with E-state index in [-0.39, 0.29) is 6.03 Å². The van der Waals surface area contributed by atoms with Gasteiger partial charge >= 0.3 is 6.03 Å². The van der Waals surface area contributed by atoms with Gasteiger partial charge in [0.1, 0.15) is 5.01 Å². The molecular formula is C19H20N4OS2. The number of aromatic nitrogens is 2. The van der Waals surface area contributed by atoms with E-state index < -0.39 is 0 Å². The quantitative estimate of drug-likeness (QED) is 0.610. The number of amides is 2. The molecule has 0 atom stereocenters. The third-order valence-electron chi connectivity index (χ3n) is 3.57. The SMILES string of the molecule is Cc1ccc(NC(=O)Nc2nnc(CSCc3cccc(C)c3)s2)cc1. The third-order valence-corrected chi connectivity index (χ3v) is 5.61. The van der Waals surface area contributed by atoms with Gasteiger partial charge in [-0.3, -0.25) is 5.32 Å². The number of anilines is 2. The normalized spacial score (nSPS) is 10.5. The number of aryl methyl sites for hydroxylation is 2. The summed E-state index contributed by atoms with van der Waals surface area (Å²) >= 11 is 3.18. The number of nitrogens with zero attached hydrogens (tertiary/aromatic N) is 2. The minimum Gasteiger partial charge on any atom is -0.308 e. The van der Waals surface area contributed by atoms with Gasteiger partial charge in [0.2, 0.25) is 5.13 Å². The molecule has 0 aliphatic rings. The molecule has 2 amide bonds. The van der Waals surface area contributed by atoms with E-state index >= 15 is 0 Å². The molecule has 0 bridgehead atoms.